The zero-order valence-corrected chi connectivity index (χ0v) is 38.5. The van der Waals surface area contributed by atoms with Gasteiger partial charge < -0.3 is 28.8 Å². The van der Waals surface area contributed by atoms with Crippen LogP contribution in [-0.4, -0.2) is 60.0 Å². The van der Waals surface area contributed by atoms with Crippen molar-refractivity contribution in [2.24, 2.45) is 0 Å². The van der Waals surface area contributed by atoms with E-state index in [4.69, 9.17) is 23.7 Å². The molecule has 5 aromatic carbocycles. The fraction of sp³-hybridized carbons (Fsp3) is 0.143. The highest BCUT2D eigenvalue weighted by Gasteiger charge is 2.11. The van der Waals surface area contributed by atoms with Crippen molar-refractivity contribution in [2.75, 3.05) is 19.8 Å². The highest BCUT2D eigenvalue weighted by Crippen LogP contribution is 2.27. The molecule has 0 fully saturated rings. The van der Waals surface area contributed by atoms with Gasteiger partial charge in [-0.3, -0.25) is 19.2 Å². The van der Waals surface area contributed by atoms with Gasteiger partial charge in [0.2, 0.25) is 0 Å². The summed E-state index contributed by atoms with van der Waals surface area (Å²) in [5.41, 5.74) is 4.63. The number of benzene rings is 5. The van der Waals surface area contributed by atoms with Crippen LogP contribution in [0.25, 0.3) is 23.3 Å². The van der Waals surface area contributed by atoms with E-state index in [1.165, 1.54) is 42.5 Å². The van der Waals surface area contributed by atoms with Crippen LogP contribution in [0.15, 0.2) is 170 Å². The van der Waals surface area contributed by atoms with Gasteiger partial charge in [0, 0.05) is 29.7 Å². The van der Waals surface area contributed by atoms with Crippen LogP contribution in [0.1, 0.15) is 43.0 Å². The van der Waals surface area contributed by atoms with Gasteiger partial charge in [-0.1, -0.05) is 68.8 Å². The number of aliphatic hydroxyl groups excluding tert-OH is 1. The number of ether oxygens (including phenoxy) is 5. The molecule has 0 aliphatic heterocycles. The zero-order chi connectivity index (χ0) is 50.5. The average molecular weight is 935 g/mol. The van der Waals surface area contributed by atoms with E-state index >= 15 is 0 Å². The van der Waals surface area contributed by atoms with Gasteiger partial charge >= 0.3 is 11.9 Å². The fourth-order valence-electron chi connectivity index (χ4n) is 5.56. The molecule has 12 nitrogen and oxygen atoms in total. The predicted octanol–water partition coefficient (Wildman–Crippen LogP) is 9.78. The average Bonchev–Trinajstić information content (AvgIpc) is 3.34. The van der Waals surface area contributed by atoms with Gasteiger partial charge in [-0.2, -0.15) is 0 Å². The lowest BCUT2D eigenvalue weighted by Gasteiger charge is -2.10. The molecule has 0 atom stereocenters. The molecule has 0 saturated carbocycles. The maximum absolute atomic E-state index is 14.8. The number of ketones is 4. The number of esters is 2. The van der Waals surface area contributed by atoms with Crippen LogP contribution in [0.5, 0.6) is 28.7 Å². The van der Waals surface area contributed by atoms with Crippen LogP contribution < -0.4 is 23.7 Å². The van der Waals surface area contributed by atoms with Gasteiger partial charge in [0.05, 0.1) is 6.61 Å². The second kappa shape index (κ2) is 26.6. The van der Waals surface area contributed by atoms with Crippen molar-refractivity contribution in [3.8, 4) is 39.9 Å². The molecule has 0 radical (unpaired) electrons. The molecule has 0 unspecified atom stereocenters. The van der Waals surface area contributed by atoms with Crippen LogP contribution in [0.2, 0.25) is 0 Å². The van der Waals surface area contributed by atoms with Gasteiger partial charge in [0.1, 0.15) is 34.6 Å². The Labute approximate surface area is 400 Å². The molecule has 0 amide bonds. The Kier molecular flexibility index (Phi) is 20.4. The minimum atomic E-state index is -0.638. The van der Waals surface area contributed by atoms with E-state index in [1.54, 1.807) is 118 Å². The summed E-state index contributed by atoms with van der Waals surface area (Å²) >= 11 is 0. The van der Waals surface area contributed by atoms with Gasteiger partial charge in [-0.05, 0) is 145 Å². The minimum absolute atomic E-state index is 0.0891. The fourth-order valence-corrected chi connectivity index (χ4v) is 5.56. The van der Waals surface area contributed by atoms with Gasteiger partial charge in [0.15, 0.2) is 43.0 Å². The maximum atomic E-state index is 14.8. The van der Waals surface area contributed by atoms with Crippen LogP contribution in [0.4, 0.5) is 4.39 Å². The Bertz CT molecular complexity index is 2780. The molecule has 69 heavy (non-hydrogen) atoms. The van der Waals surface area contributed by atoms with E-state index in [9.17, 15) is 38.3 Å². The highest BCUT2D eigenvalue weighted by molar-refractivity contribution is 5.96. The standard InChI is InChI=1S/C31H27FO6.C25H24O6/c1-20(2)29(33)18-36-24-9-7-23(8-10-24)27-15-5-22(17-28(27)32)6-16-31(35)38-26-13-11-25(12-14-26)37-19-30(34)21(3)4;1-4-21(27)14-19-5-9-22(10-6-19)31-25(29)12-8-18-7-11-24(20(13-18)15-26)30-16-23(28)17(2)3/h5-17H,1,3,18-19H2,2,4H3;4-13,26H,1-2,14-16H2,3H3/b16-6+;12-8+. The van der Waals surface area contributed by atoms with E-state index in [0.29, 0.717) is 67.5 Å². The van der Waals surface area contributed by atoms with Crippen molar-refractivity contribution in [3.05, 3.63) is 199 Å². The quantitative estimate of drug-likeness (QED) is 0.0375. The number of aliphatic hydroxyl groups is 1. The van der Waals surface area contributed by atoms with Crippen LogP contribution in [0, 0.1) is 5.82 Å². The third-order valence-electron chi connectivity index (χ3n) is 9.55. The number of hydrogen-bond donors (Lipinski definition) is 1. The molecule has 0 saturated heterocycles. The smallest absolute Gasteiger partial charge is 0.336 e. The Balaban J connectivity index is 0.000000307. The second-order valence-electron chi connectivity index (χ2n) is 15.2. The molecule has 0 aliphatic carbocycles. The van der Waals surface area contributed by atoms with Crippen LogP contribution in [0.3, 0.4) is 0 Å². The largest absolute Gasteiger partial charge is 0.485 e. The van der Waals surface area contributed by atoms with Crippen molar-refractivity contribution < 1.29 is 61.9 Å². The Hall–Kier alpha value is -8.55. The molecule has 0 heterocycles. The van der Waals surface area contributed by atoms with Crippen molar-refractivity contribution in [3.63, 3.8) is 0 Å². The topological polar surface area (TPSA) is 169 Å². The van der Waals surface area contributed by atoms with E-state index in [-0.39, 0.29) is 61.7 Å². The summed E-state index contributed by atoms with van der Waals surface area (Å²) in [6.45, 7) is 18.3. The zero-order valence-electron chi connectivity index (χ0n) is 38.5. The summed E-state index contributed by atoms with van der Waals surface area (Å²) in [7, 11) is 0. The summed E-state index contributed by atoms with van der Waals surface area (Å²) in [5, 5.41) is 9.56. The van der Waals surface area contributed by atoms with Crippen molar-refractivity contribution in [1.82, 2.24) is 0 Å². The number of rotatable bonds is 23. The van der Waals surface area contributed by atoms with E-state index < -0.39 is 17.8 Å². The predicted molar refractivity (Wildman–Crippen MR) is 261 cm³/mol. The molecular formula is C56H51FO12. The molecule has 5 aromatic rings. The number of carbonyl (C=O) groups excluding carboxylic acids is 6. The Morgan fingerprint density at radius 3 is 1.46 bits per heavy atom. The summed E-state index contributed by atoms with van der Waals surface area (Å²) in [5.74, 6) is -0.427. The molecule has 0 bridgehead atoms. The van der Waals surface area contributed by atoms with Crippen molar-refractivity contribution in [2.45, 2.75) is 33.8 Å². The van der Waals surface area contributed by atoms with Gasteiger partial charge in [-0.15, -0.1) is 0 Å². The number of hydrogen-bond acceptors (Lipinski definition) is 12. The first kappa shape index (κ1) is 53.1. The molecule has 5 rings (SSSR count). The molecule has 0 aromatic heterocycles. The van der Waals surface area contributed by atoms with E-state index in [2.05, 4.69) is 26.3 Å². The molecule has 1 N–H and O–H groups in total. The third kappa shape index (κ3) is 18.0. The minimum Gasteiger partial charge on any atom is -0.485 e. The summed E-state index contributed by atoms with van der Waals surface area (Å²) in [6, 6.07) is 29.1. The first-order valence-electron chi connectivity index (χ1n) is 21.2. The highest BCUT2D eigenvalue weighted by atomic mass is 19.1. The first-order chi connectivity index (χ1) is 32.9. The SMILES string of the molecule is C=C(C)C(=O)COc1ccc(OC(=O)/C=C/c2ccc(-c3ccc(OCC(=O)C(=C)C)cc3)c(F)c2)cc1.C=CC(=O)Cc1ccc(OC(=O)/C=C/c2ccc(OCC(=O)C(=C)C)c(CO)c2)cc1. The normalized spacial score (nSPS) is 10.6. The third-order valence-corrected chi connectivity index (χ3v) is 9.55. The lowest BCUT2D eigenvalue weighted by atomic mass is 10.0. The summed E-state index contributed by atoms with van der Waals surface area (Å²) < 4.78 is 41.5. The van der Waals surface area contributed by atoms with Crippen molar-refractivity contribution >= 4 is 47.2 Å². The molecule has 354 valence electrons. The summed E-state index contributed by atoms with van der Waals surface area (Å²) in [6.07, 6.45) is 6.96. The summed E-state index contributed by atoms with van der Waals surface area (Å²) in [4.78, 5) is 70.4. The number of halogens is 1. The van der Waals surface area contributed by atoms with E-state index in [1.807, 2.05) is 0 Å². The second-order valence-corrected chi connectivity index (χ2v) is 15.2. The molecule has 0 aliphatic rings. The van der Waals surface area contributed by atoms with Gasteiger partial charge in [0.25, 0.3) is 0 Å². The number of carbonyl (C=O) groups is 6. The maximum Gasteiger partial charge on any atom is 0.336 e. The first-order valence-corrected chi connectivity index (χ1v) is 21.2. The van der Waals surface area contributed by atoms with Gasteiger partial charge in [-0.25, -0.2) is 14.0 Å². The van der Waals surface area contributed by atoms with Crippen molar-refractivity contribution in [1.29, 1.82) is 0 Å². The lowest BCUT2D eigenvalue weighted by molar-refractivity contribution is -0.129. The Morgan fingerprint density at radius 1 is 0.565 bits per heavy atom. The monoisotopic (exact) mass is 934 g/mol. The number of Topliss-reactive ketones (excluding diaryl/α,β-unsaturated/α-hetero) is 3. The Morgan fingerprint density at radius 2 is 1.00 bits per heavy atom. The van der Waals surface area contributed by atoms with E-state index in [0.717, 1.165) is 5.56 Å². The number of allylic oxidation sites excluding steroid dienone is 1. The molecule has 0 spiro atoms. The van der Waals surface area contributed by atoms with Crippen LogP contribution in [-0.2, 0) is 41.8 Å². The van der Waals surface area contributed by atoms with Crippen LogP contribution >= 0.6 is 0 Å². The molecular weight excluding hydrogens is 884 g/mol. The molecule has 13 heteroatoms. The lowest BCUT2D eigenvalue weighted by Crippen LogP contribution is -2.12.